The standard InChI is InChI=1S/C15H30N2O3/c1-15(2,3)20-14(19)17-7-5-12(6-8-17)9-13(11-18)10-16-4/h12-13,16,18H,5-11H2,1-4H3. The molecule has 0 aromatic carbocycles. The number of aliphatic hydroxyl groups excluding tert-OH is 1. The molecule has 1 amide bonds. The smallest absolute Gasteiger partial charge is 0.410 e. The van der Waals surface area contributed by atoms with Crippen molar-refractivity contribution in [1.82, 2.24) is 10.2 Å². The molecule has 1 saturated heterocycles. The Balaban J connectivity index is 2.34. The molecule has 0 saturated carbocycles. The van der Waals surface area contributed by atoms with Crippen molar-refractivity contribution in [2.24, 2.45) is 11.8 Å². The fourth-order valence-electron chi connectivity index (χ4n) is 2.66. The van der Waals surface area contributed by atoms with Crippen LogP contribution in [0.1, 0.15) is 40.0 Å². The molecule has 1 unspecified atom stereocenters. The molecular weight excluding hydrogens is 256 g/mol. The Morgan fingerprint density at radius 1 is 1.40 bits per heavy atom. The van der Waals surface area contributed by atoms with Gasteiger partial charge in [-0.3, -0.25) is 0 Å². The Morgan fingerprint density at radius 2 is 2.00 bits per heavy atom. The van der Waals surface area contributed by atoms with Gasteiger partial charge in [0.2, 0.25) is 0 Å². The maximum atomic E-state index is 12.0. The molecule has 5 heteroatoms. The Bertz CT molecular complexity index is 294. The van der Waals surface area contributed by atoms with Gasteiger partial charge in [0.25, 0.3) is 0 Å². The number of likely N-dealkylation sites (tertiary alicyclic amines) is 1. The lowest BCUT2D eigenvalue weighted by molar-refractivity contribution is 0.0171. The Morgan fingerprint density at radius 3 is 2.45 bits per heavy atom. The largest absolute Gasteiger partial charge is 0.444 e. The van der Waals surface area contributed by atoms with Crippen LogP contribution >= 0.6 is 0 Å². The first-order valence-corrected chi connectivity index (χ1v) is 7.59. The predicted octanol–water partition coefficient (Wildman–Crippen LogP) is 1.85. The maximum absolute atomic E-state index is 12.0. The van der Waals surface area contributed by atoms with Crippen LogP contribution in [0.15, 0.2) is 0 Å². The summed E-state index contributed by atoms with van der Waals surface area (Å²) in [5.41, 5.74) is -0.428. The molecule has 0 aromatic heterocycles. The number of ether oxygens (including phenoxy) is 1. The number of amides is 1. The average molecular weight is 286 g/mol. The zero-order valence-corrected chi connectivity index (χ0v) is 13.3. The van der Waals surface area contributed by atoms with Gasteiger partial charge < -0.3 is 20.1 Å². The highest BCUT2D eigenvalue weighted by Crippen LogP contribution is 2.25. The normalized spacial score (nSPS) is 18.9. The molecule has 1 fully saturated rings. The molecule has 5 nitrogen and oxygen atoms in total. The second-order valence-electron chi connectivity index (χ2n) is 6.75. The summed E-state index contributed by atoms with van der Waals surface area (Å²) in [7, 11) is 1.91. The van der Waals surface area contributed by atoms with E-state index < -0.39 is 5.60 Å². The summed E-state index contributed by atoms with van der Waals surface area (Å²) in [6, 6.07) is 0. The minimum Gasteiger partial charge on any atom is -0.444 e. The molecule has 1 heterocycles. The number of carbonyl (C=O) groups excluding carboxylic acids is 1. The lowest BCUT2D eigenvalue weighted by Gasteiger charge is -2.34. The second-order valence-corrected chi connectivity index (χ2v) is 6.75. The van der Waals surface area contributed by atoms with Gasteiger partial charge in [-0.2, -0.15) is 0 Å². The molecule has 1 atom stereocenters. The van der Waals surface area contributed by atoms with Crippen LogP contribution in [0.5, 0.6) is 0 Å². The lowest BCUT2D eigenvalue weighted by atomic mass is 9.87. The van der Waals surface area contributed by atoms with Gasteiger partial charge in [-0.15, -0.1) is 0 Å². The van der Waals surface area contributed by atoms with E-state index in [4.69, 9.17) is 4.74 Å². The minimum absolute atomic E-state index is 0.204. The van der Waals surface area contributed by atoms with Crippen molar-refractivity contribution >= 4 is 6.09 Å². The summed E-state index contributed by atoms with van der Waals surface area (Å²) in [5.74, 6) is 0.914. The van der Waals surface area contributed by atoms with Gasteiger partial charge in [0.1, 0.15) is 5.60 Å². The van der Waals surface area contributed by atoms with Gasteiger partial charge in [-0.25, -0.2) is 4.79 Å². The Hall–Kier alpha value is -0.810. The SMILES string of the molecule is CNCC(CO)CC1CCN(C(=O)OC(C)(C)C)CC1. The first kappa shape index (κ1) is 17.2. The van der Waals surface area contributed by atoms with Crippen molar-refractivity contribution in [2.75, 3.05) is 33.3 Å². The number of hydrogen-bond donors (Lipinski definition) is 2. The van der Waals surface area contributed by atoms with Gasteiger partial charge in [0, 0.05) is 19.7 Å². The van der Waals surface area contributed by atoms with Crippen LogP contribution in [0.25, 0.3) is 0 Å². The monoisotopic (exact) mass is 286 g/mol. The molecule has 1 aliphatic rings. The first-order chi connectivity index (χ1) is 9.35. The molecule has 1 rings (SSSR count). The maximum Gasteiger partial charge on any atom is 0.410 e. The minimum atomic E-state index is -0.428. The van der Waals surface area contributed by atoms with E-state index in [9.17, 15) is 9.90 Å². The summed E-state index contributed by atoms with van der Waals surface area (Å²) in [4.78, 5) is 13.8. The first-order valence-electron chi connectivity index (χ1n) is 7.59. The molecule has 0 aromatic rings. The van der Waals surface area contributed by atoms with E-state index in [0.29, 0.717) is 11.8 Å². The van der Waals surface area contributed by atoms with Crippen LogP contribution in [0.2, 0.25) is 0 Å². The molecule has 0 aliphatic carbocycles. The predicted molar refractivity (Wildman–Crippen MR) is 79.7 cm³/mol. The summed E-state index contributed by atoms with van der Waals surface area (Å²) in [5, 5.41) is 12.4. The highest BCUT2D eigenvalue weighted by molar-refractivity contribution is 5.68. The number of aliphatic hydroxyl groups is 1. The van der Waals surface area contributed by atoms with Crippen LogP contribution < -0.4 is 5.32 Å². The summed E-state index contributed by atoms with van der Waals surface area (Å²) >= 11 is 0. The summed E-state index contributed by atoms with van der Waals surface area (Å²) < 4.78 is 5.39. The van der Waals surface area contributed by atoms with Gasteiger partial charge in [0.05, 0.1) is 0 Å². The molecular formula is C15H30N2O3. The highest BCUT2D eigenvalue weighted by atomic mass is 16.6. The second kappa shape index (κ2) is 7.84. The van der Waals surface area contributed by atoms with Crippen LogP contribution in [-0.2, 0) is 4.74 Å². The number of piperidine rings is 1. The fraction of sp³-hybridized carbons (Fsp3) is 0.933. The molecule has 0 bridgehead atoms. The third kappa shape index (κ3) is 6.09. The van der Waals surface area contributed by atoms with Crippen LogP contribution in [0.3, 0.4) is 0 Å². The highest BCUT2D eigenvalue weighted by Gasteiger charge is 2.27. The van der Waals surface area contributed by atoms with Gasteiger partial charge in [-0.1, -0.05) is 0 Å². The number of rotatable bonds is 5. The zero-order valence-electron chi connectivity index (χ0n) is 13.3. The fourth-order valence-corrected chi connectivity index (χ4v) is 2.66. The van der Waals surface area contributed by atoms with E-state index in [1.54, 1.807) is 4.90 Å². The third-order valence-corrected chi connectivity index (χ3v) is 3.68. The summed E-state index contributed by atoms with van der Waals surface area (Å²) in [6.45, 7) is 8.27. The van der Waals surface area contributed by atoms with Gasteiger partial charge in [0.15, 0.2) is 0 Å². The number of carbonyl (C=O) groups is 1. The Kier molecular flexibility index (Phi) is 6.76. The molecule has 118 valence electrons. The number of nitrogens with one attached hydrogen (secondary N) is 1. The topological polar surface area (TPSA) is 61.8 Å². The van der Waals surface area contributed by atoms with E-state index in [0.717, 1.165) is 38.9 Å². The summed E-state index contributed by atoms with van der Waals surface area (Å²) in [6.07, 6.45) is 2.82. The molecule has 1 aliphatic heterocycles. The molecule has 20 heavy (non-hydrogen) atoms. The van der Waals surface area contributed by atoms with Crippen molar-refractivity contribution in [3.05, 3.63) is 0 Å². The van der Waals surface area contributed by atoms with Crippen LogP contribution in [0.4, 0.5) is 4.79 Å². The van der Waals surface area contributed by atoms with Crippen molar-refractivity contribution in [3.8, 4) is 0 Å². The van der Waals surface area contributed by atoms with Crippen molar-refractivity contribution in [2.45, 2.75) is 45.6 Å². The Labute approximate surface area is 122 Å². The van der Waals surface area contributed by atoms with Crippen LogP contribution in [0, 0.1) is 11.8 Å². The quantitative estimate of drug-likeness (QED) is 0.810. The lowest BCUT2D eigenvalue weighted by Crippen LogP contribution is -2.42. The van der Waals surface area contributed by atoms with E-state index in [2.05, 4.69) is 5.32 Å². The van der Waals surface area contributed by atoms with Gasteiger partial charge >= 0.3 is 6.09 Å². The van der Waals surface area contributed by atoms with E-state index in [1.165, 1.54) is 0 Å². The molecule has 0 spiro atoms. The number of hydrogen-bond acceptors (Lipinski definition) is 4. The third-order valence-electron chi connectivity index (χ3n) is 3.68. The van der Waals surface area contributed by atoms with E-state index >= 15 is 0 Å². The molecule has 2 N–H and O–H groups in total. The van der Waals surface area contributed by atoms with Gasteiger partial charge in [-0.05, 0) is 65.5 Å². The van der Waals surface area contributed by atoms with Crippen molar-refractivity contribution < 1.29 is 14.6 Å². The molecule has 0 radical (unpaired) electrons. The van der Waals surface area contributed by atoms with Crippen molar-refractivity contribution in [3.63, 3.8) is 0 Å². The van der Waals surface area contributed by atoms with Crippen molar-refractivity contribution in [1.29, 1.82) is 0 Å². The average Bonchev–Trinajstić information content (AvgIpc) is 2.37. The number of nitrogens with zero attached hydrogens (tertiary/aromatic N) is 1. The van der Waals surface area contributed by atoms with E-state index in [-0.39, 0.29) is 12.7 Å². The zero-order chi connectivity index (χ0) is 15.2. The van der Waals surface area contributed by atoms with Crippen LogP contribution in [-0.4, -0.2) is 55.0 Å². The van der Waals surface area contributed by atoms with E-state index in [1.807, 2.05) is 27.8 Å².